The summed E-state index contributed by atoms with van der Waals surface area (Å²) in [5.41, 5.74) is 1.53. The van der Waals surface area contributed by atoms with Crippen molar-refractivity contribution in [3.05, 3.63) is 41.9 Å². The molecule has 0 atom stereocenters. The van der Waals surface area contributed by atoms with Crippen molar-refractivity contribution in [1.82, 2.24) is 24.6 Å². The van der Waals surface area contributed by atoms with E-state index in [0.717, 1.165) is 43.7 Å². The van der Waals surface area contributed by atoms with Gasteiger partial charge in [0, 0.05) is 38.4 Å². The molecule has 3 heterocycles. The van der Waals surface area contributed by atoms with Crippen molar-refractivity contribution in [2.24, 2.45) is 0 Å². The van der Waals surface area contributed by atoms with Gasteiger partial charge in [-0.15, -0.1) is 0 Å². The van der Waals surface area contributed by atoms with Crippen molar-refractivity contribution < 1.29 is 4.79 Å². The second-order valence-corrected chi connectivity index (χ2v) is 7.01. The van der Waals surface area contributed by atoms with Crippen LogP contribution in [0.1, 0.15) is 41.7 Å². The average molecular weight is 339 g/mol. The second-order valence-electron chi connectivity index (χ2n) is 7.01. The number of piperazine rings is 1. The van der Waals surface area contributed by atoms with Crippen LogP contribution in [0, 0.1) is 6.92 Å². The Morgan fingerprint density at radius 1 is 1.12 bits per heavy atom. The first-order valence-corrected chi connectivity index (χ1v) is 9.23. The van der Waals surface area contributed by atoms with Crippen molar-refractivity contribution in [2.75, 3.05) is 26.2 Å². The van der Waals surface area contributed by atoms with Crippen molar-refractivity contribution in [2.45, 2.75) is 38.6 Å². The molecule has 25 heavy (non-hydrogen) atoms. The fourth-order valence-electron chi connectivity index (χ4n) is 4.06. The Kier molecular flexibility index (Phi) is 4.53. The number of aromatic nitrogens is 3. The maximum Gasteiger partial charge on any atom is 0.257 e. The monoisotopic (exact) mass is 339 g/mol. The Balaban J connectivity index is 1.44. The fraction of sp³-hybridized carbons (Fsp3) is 0.526. The van der Waals surface area contributed by atoms with E-state index in [1.807, 2.05) is 30.0 Å². The van der Waals surface area contributed by atoms with Crippen molar-refractivity contribution in [3.63, 3.8) is 0 Å². The number of hydrogen-bond donors (Lipinski definition) is 0. The third kappa shape index (κ3) is 3.18. The van der Waals surface area contributed by atoms with Crippen LogP contribution < -0.4 is 0 Å². The molecule has 0 radical (unpaired) electrons. The zero-order valence-corrected chi connectivity index (χ0v) is 14.8. The normalized spacial score (nSPS) is 19.5. The molecule has 1 aliphatic heterocycles. The van der Waals surface area contributed by atoms with Crippen LogP contribution in [-0.2, 0) is 0 Å². The fourth-order valence-corrected chi connectivity index (χ4v) is 4.06. The zero-order chi connectivity index (χ0) is 17.2. The lowest BCUT2D eigenvalue weighted by Crippen LogP contribution is -2.51. The van der Waals surface area contributed by atoms with Crippen LogP contribution in [-0.4, -0.2) is 62.7 Å². The van der Waals surface area contributed by atoms with Crippen LogP contribution in [0.15, 0.2) is 30.6 Å². The molecule has 4 rings (SSSR count). The van der Waals surface area contributed by atoms with E-state index in [1.165, 1.54) is 25.7 Å². The minimum absolute atomic E-state index is 0.0887. The highest BCUT2D eigenvalue weighted by Crippen LogP contribution is 2.25. The first kappa shape index (κ1) is 16.3. The number of carbonyl (C=O) groups excluding carboxylic acids is 1. The summed E-state index contributed by atoms with van der Waals surface area (Å²) in [7, 11) is 0. The van der Waals surface area contributed by atoms with E-state index in [-0.39, 0.29) is 5.91 Å². The maximum absolute atomic E-state index is 12.9. The minimum atomic E-state index is 0.0887. The largest absolute Gasteiger partial charge is 0.336 e. The molecule has 1 saturated heterocycles. The third-order valence-corrected chi connectivity index (χ3v) is 5.55. The van der Waals surface area contributed by atoms with E-state index in [1.54, 1.807) is 17.1 Å². The Hall–Kier alpha value is -2.21. The average Bonchev–Trinajstić information content (AvgIpc) is 3.32. The molecule has 0 unspecified atom stereocenters. The minimum Gasteiger partial charge on any atom is -0.336 e. The van der Waals surface area contributed by atoms with Crippen LogP contribution in [0.25, 0.3) is 5.82 Å². The molecule has 2 aromatic heterocycles. The summed E-state index contributed by atoms with van der Waals surface area (Å²) in [6.07, 6.45) is 8.77. The molecule has 132 valence electrons. The Labute approximate surface area is 148 Å². The van der Waals surface area contributed by atoms with E-state index in [0.29, 0.717) is 5.56 Å². The standard InChI is InChI=1S/C19H25N5O/c1-15-17(14-21-24(15)18-8-4-5-9-20-18)19(25)23-12-10-22(11-13-23)16-6-2-3-7-16/h4-5,8-9,14,16H,2-3,6-7,10-13H2,1H3. The number of nitrogens with zero attached hydrogens (tertiary/aromatic N) is 5. The van der Waals surface area contributed by atoms with Gasteiger partial charge in [-0.1, -0.05) is 18.9 Å². The Morgan fingerprint density at radius 3 is 2.56 bits per heavy atom. The van der Waals surface area contributed by atoms with Crippen molar-refractivity contribution in [1.29, 1.82) is 0 Å². The topological polar surface area (TPSA) is 54.3 Å². The first-order chi connectivity index (χ1) is 12.2. The van der Waals surface area contributed by atoms with Crippen LogP contribution in [0.3, 0.4) is 0 Å². The van der Waals surface area contributed by atoms with E-state index < -0.39 is 0 Å². The highest BCUT2D eigenvalue weighted by Gasteiger charge is 2.29. The molecular weight excluding hydrogens is 314 g/mol. The molecule has 0 N–H and O–H groups in total. The van der Waals surface area contributed by atoms with Crippen molar-refractivity contribution in [3.8, 4) is 5.82 Å². The smallest absolute Gasteiger partial charge is 0.257 e. The molecule has 2 aliphatic rings. The van der Waals surface area contributed by atoms with Gasteiger partial charge >= 0.3 is 0 Å². The summed E-state index contributed by atoms with van der Waals surface area (Å²) in [5.74, 6) is 0.829. The first-order valence-electron chi connectivity index (χ1n) is 9.23. The van der Waals surface area contributed by atoms with Crippen LogP contribution in [0.5, 0.6) is 0 Å². The highest BCUT2D eigenvalue weighted by molar-refractivity contribution is 5.95. The third-order valence-electron chi connectivity index (χ3n) is 5.55. The van der Waals surface area contributed by atoms with E-state index >= 15 is 0 Å². The quantitative estimate of drug-likeness (QED) is 0.861. The lowest BCUT2D eigenvalue weighted by Gasteiger charge is -2.38. The number of amides is 1. The summed E-state index contributed by atoms with van der Waals surface area (Å²) >= 11 is 0. The van der Waals surface area contributed by atoms with Gasteiger partial charge < -0.3 is 4.90 Å². The summed E-state index contributed by atoms with van der Waals surface area (Å²) in [4.78, 5) is 21.8. The molecule has 0 spiro atoms. The van der Waals surface area contributed by atoms with Gasteiger partial charge in [0.15, 0.2) is 5.82 Å². The number of pyridine rings is 1. The lowest BCUT2D eigenvalue weighted by molar-refractivity contribution is 0.0572. The van der Waals surface area contributed by atoms with Gasteiger partial charge in [-0.3, -0.25) is 9.69 Å². The Bertz CT molecular complexity index is 728. The van der Waals surface area contributed by atoms with Gasteiger partial charge in [-0.25, -0.2) is 9.67 Å². The lowest BCUT2D eigenvalue weighted by atomic mass is 10.1. The van der Waals surface area contributed by atoms with Crippen LogP contribution in [0.4, 0.5) is 0 Å². The number of carbonyl (C=O) groups is 1. The van der Waals surface area contributed by atoms with Gasteiger partial charge in [0.1, 0.15) is 0 Å². The molecule has 1 saturated carbocycles. The molecule has 1 aliphatic carbocycles. The van der Waals surface area contributed by atoms with Gasteiger partial charge in [0.05, 0.1) is 17.5 Å². The van der Waals surface area contributed by atoms with E-state index in [4.69, 9.17) is 0 Å². The molecule has 2 fully saturated rings. The van der Waals surface area contributed by atoms with E-state index in [2.05, 4.69) is 15.0 Å². The summed E-state index contributed by atoms with van der Waals surface area (Å²) in [6.45, 7) is 5.53. The molecule has 1 amide bonds. The molecule has 0 aromatic carbocycles. The van der Waals surface area contributed by atoms with Gasteiger partial charge in [0.2, 0.25) is 0 Å². The highest BCUT2D eigenvalue weighted by atomic mass is 16.2. The summed E-state index contributed by atoms with van der Waals surface area (Å²) < 4.78 is 1.74. The summed E-state index contributed by atoms with van der Waals surface area (Å²) in [6, 6.07) is 6.44. The number of rotatable bonds is 3. The molecule has 2 aromatic rings. The van der Waals surface area contributed by atoms with Gasteiger partial charge in [-0.2, -0.15) is 5.10 Å². The molecule has 6 nitrogen and oxygen atoms in total. The number of hydrogen-bond acceptors (Lipinski definition) is 4. The maximum atomic E-state index is 12.9. The SMILES string of the molecule is Cc1c(C(=O)N2CCN(C3CCCC3)CC2)cnn1-c1ccccn1. The molecule has 0 bridgehead atoms. The van der Waals surface area contributed by atoms with Crippen LogP contribution in [0.2, 0.25) is 0 Å². The van der Waals surface area contributed by atoms with Crippen molar-refractivity contribution >= 4 is 5.91 Å². The predicted molar refractivity (Wildman–Crippen MR) is 95.8 cm³/mol. The zero-order valence-electron chi connectivity index (χ0n) is 14.8. The predicted octanol–water partition coefficient (Wildman–Crippen LogP) is 2.28. The van der Waals surface area contributed by atoms with Crippen LogP contribution >= 0.6 is 0 Å². The van der Waals surface area contributed by atoms with Gasteiger partial charge in [-0.05, 0) is 31.9 Å². The van der Waals surface area contributed by atoms with Gasteiger partial charge in [0.25, 0.3) is 5.91 Å². The van der Waals surface area contributed by atoms with E-state index in [9.17, 15) is 4.79 Å². The molecule has 6 heteroatoms. The summed E-state index contributed by atoms with van der Waals surface area (Å²) in [5, 5.41) is 4.38. The molecular formula is C19H25N5O. The second kappa shape index (κ2) is 6.96. The Morgan fingerprint density at radius 2 is 1.88 bits per heavy atom.